The van der Waals surface area contributed by atoms with Gasteiger partial charge in [-0.1, -0.05) is 0 Å². The molecule has 0 amide bonds. The molecule has 0 heterocycles. The molecule has 0 aromatic rings. The zero-order valence-corrected chi connectivity index (χ0v) is 7.09. The predicted molar refractivity (Wildman–Crippen MR) is 36.7 cm³/mol. The van der Waals surface area contributed by atoms with Crippen molar-refractivity contribution in [3.63, 3.8) is 0 Å². The van der Waals surface area contributed by atoms with Gasteiger partial charge in [0.15, 0.2) is 6.10 Å². The van der Waals surface area contributed by atoms with Gasteiger partial charge in [0.05, 0.1) is 0 Å². The summed E-state index contributed by atoms with van der Waals surface area (Å²) in [7, 11) is 0. The van der Waals surface area contributed by atoms with E-state index in [0.717, 1.165) is 0 Å². The molecule has 0 aliphatic rings. The maximum absolute atomic E-state index is 9.93. The van der Waals surface area contributed by atoms with Crippen LogP contribution in [0.25, 0.3) is 0 Å². The Bertz CT molecular complexity index is 98.9. The molecule has 0 saturated heterocycles. The molecule has 1 radical (unpaired) electrons. The fraction of sp³-hybridized carbons (Fsp3) is 0.800. The second kappa shape index (κ2) is 7.41. The summed E-state index contributed by atoms with van der Waals surface area (Å²) in [5.74, 6) is -0.540. The van der Waals surface area contributed by atoms with E-state index in [-0.39, 0.29) is 17.1 Å². The maximum atomic E-state index is 9.93. The summed E-state index contributed by atoms with van der Waals surface area (Å²) in [6.45, 7) is 0. The van der Waals surface area contributed by atoms with Gasteiger partial charge in [0.25, 0.3) is 0 Å². The number of rotatable bonds is 4. The van der Waals surface area contributed by atoms with Crippen molar-refractivity contribution in [2.75, 3.05) is 5.75 Å². The average molecular weight is 214 g/mol. The Morgan fingerprint density at radius 1 is 1.60 bits per heavy atom. The molecule has 65 valence electrons. The topological polar surface area (TPSA) is 57.5 Å². The second-order valence-electron chi connectivity index (χ2n) is 1.72. The molecule has 0 saturated carbocycles. The third kappa shape index (κ3) is 6.42. The molecule has 1 atom stereocenters. The van der Waals surface area contributed by atoms with Crippen molar-refractivity contribution in [1.29, 1.82) is 0 Å². The van der Waals surface area contributed by atoms with Crippen molar-refractivity contribution in [1.82, 2.24) is 0 Å². The first-order chi connectivity index (χ1) is 4.18. The van der Waals surface area contributed by atoms with E-state index in [9.17, 15) is 4.79 Å². The van der Waals surface area contributed by atoms with Crippen molar-refractivity contribution in [3.05, 3.63) is 0 Å². The monoisotopic (exact) mass is 213 g/mol. The van der Waals surface area contributed by atoms with E-state index in [1.807, 2.05) is 0 Å². The molecule has 1 unspecified atom stereocenters. The summed E-state index contributed by atoms with van der Waals surface area (Å²) in [6.07, 6.45) is -0.285. The number of carbonyl (C=O) groups is 1. The minimum absolute atomic E-state index is 0. The van der Waals surface area contributed by atoms with Crippen molar-refractivity contribution in [3.8, 4) is 0 Å². The summed E-state index contributed by atoms with van der Waals surface area (Å²) in [6, 6.07) is 0. The van der Waals surface area contributed by atoms with Crippen LogP contribution in [0.5, 0.6) is 0 Å². The predicted octanol–water partition coefficient (Wildman–Crippen LogP) is 0.139. The van der Waals surface area contributed by atoms with Crippen LogP contribution >= 0.6 is 12.6 Å². The van der Waals surface area contributed by atoms with Gasteiger partial charge >= 0.3 is 5.97 Å². The zero-order valence-electron chi connectivity index (χ0n) is 5.25. The van der Waals surface area contributed by atoms with Gasteiger partial charge in [0.2, 0.25) is 0 Å². The first-order valence-corrected chi connectivity index (χ1v) is 3.33. The number of hydrogen-bond acceptors (Lipinski definition) is 3. The van der Waals surface area contributed by atoms with Crippen LogP contribution in [0.4, 0.5) is 0 Å². The van der Waals surface area contributed by atoms with Crippen LogP contribution in [0.1, 0.15) is 12.8 Å². The van der Waals surface area contributed by atoms with Gasteiger partial charge in [-0.05, 0) is 18.6 Å². The number of aliphatic hydroxyl groups excluding tert-OH is 1. The maximum Gasteiger partial charge on any atom is 0.332 e. The summed E-state index contributed by atoms with van der Waals surface area (Å²) in [5.41, 5.74) is 0. The Morgan fingerprint density at radius 2 is 2.10 bits per heavy atom. The van der Waals surface area contributed by atoms with Gasteiger partial charge in [0, 0.05) is 17.1 Å². The molecule has 0 aliphatic carbocycles. The van der Waals surface area contributed by atoms with E-state index in [1.54, 1.807) is 0 Å². The van der Waals surface area contributed by atoms with E-state index < -0.39 is 12.1 Å². The van der Waals surface area contributed by atoms with Gasteiger partial charge in [0.1, 0.15) is 0 Å². The fourth-order valence-corrected chi connectivity index (χ4v) is 0.591. The average Bonchev–Trinajstić information content (AvgIpc) is 1.82. The molecular weight excluding hydrogens is 204 g/mol. The number of hydrogen-bond donors (Lipinski definition) is 3. The molecule has 0 bridgehead atoms. The van der Waals surface area contributed by atoms with E-state index >= 15 is 0 Å². The second-order valence-corrected chi connectivity index (χ2v) is 2.17. The smallest absolute Gasteiger partial charge is 0.332 e. The number of thiol groups is 1. The van der Waals surface area contributed by atoms with E-state index in [2.05, 4.69) is 12.6 Å². The Hall–Kier alpha value is 0.299. The summed E-state index contributed by atoms with van der Waals surface area (Å²) >= 11 is 3.86. The van der Waals surface area contributed by atoms with Crippen LogP contribution in [0.3, 0.4) is 0 Å². The number of aliphatic hydroxyl groups is 1. The molecule has 0 rings (SSSR count). The van der Waals surface area contributed by atoms with Crippen molar-refractivity contribution < 1.29 is 32.1 Å². The van der Waals surface area contributed by atoms with Gasteiger partial charge in [-0.25, -0.2) is 4.79 Å². The summed E-state index contributed by atoms with van der Waals surface area (Å²) < 4.78 is 0. The standard InChI is InChI=1S/C5H10O3S.Cu/c6-4(5(7)8)2-1-3-9;/h4,6,9H,1-3H2,(H,7,8);. The molecule has 2 N–H and O–H groups in total. The molecule has 0 fully saturated rings. The largest absolute Gasteiger partial charge is 0.479 e. The summed E-state index contributed by atoms with van der Waals surface area (Å²) in [4.78, 5) is 9.93. The molecule has 0 aromatic carbocycles. The first-order valence-electron chi connectivity index (χ1n) is 2.70. The third-order valence-corrected chi connectivity index (χ3v) is 1.24. The zero-order chi connectivity index (χ0) is 7.28. The molecule has 0 aliphatic heterocycles. The number of carboxylic acids is 1. The van der Waals surface area contributed by atoms with Crippen LogP contribution in [0, 0.1) is 0 Å². The van der Waals surface area contributed by atoms with Crippen molar-refractivity contribution in [2.24, 2.45) is 0 Å². The van der Waals surface area contributed by atoms with Crippen LogP contribution < -0.4 is 0 Å². The van der Waals surface area contributed by atoms with Gasteiger partial charge in [-0.2, -0.15) is 12.6 Å². The molecule has 10 heavy (non-hydrogen) atoms. The Morgan fingerprint density at radius 3 is 2.40 bits per heavy atom. The molecule has 0 aromatic heterocycles. The third-order valence-electron chi connectivity index (χ3n) is 0.921. The number of carboxylic acid groups (broad SMARTS) is 1. The number of aliphatic carboxylic acids is 1. The minimum atomic E-state index is -1.21. The molecule has 5 heteroatoms. The van der Waals surface area contributed by atoms with E-state index in [0.29, 0.717) is 18.6 Å². The molecular formula is C5H10CuO3S. The molecule has 0 spiro atoms. The fourth-order valence-electron chi connectivity index (χ4n) is 0.408. The van der Waals surface area contributed by atoms with Gasteiger partial charge in [-0.3, -0.25) is 0 Å². The SMILES string of the molecule is O=C(O)C(O)CCCS.[Cu]. The Kier molecular flexibility index (Phi) is 9.58. The van der Waals surface area contributed by atoms with Gasteiger partial charge in [-0.15, -0.1) is 0 Å². The van der Waals surface area contributed by atoms with Gasteiger partial charge < -0.3 is 10.2 Å². The van der Waals surface area contributed by atoms with Crippen LogP contribution in [-0.2, 0) is 21.9 Å². The first kappa shape index (κ1) is 12.9. The Labute approximate surface area is 75.7 Å². The quantitative estimate of drug-likeness (QED) is 0.460. The van der Waals surface area contributed by atoms with E-state index in [1.165, 1.54) is 0 Å². The van der Waals surface area contributed by atoms with Crippen molar-refractivity contribution in [2.45, 2.75) is 18.9 Å². The normalized spacial score (nSPS) is 11.8. The van der Waals surface area contributed by atoms with Crippen LogP contribution in [0.15, 0.2) is 0 Å². The van der Waals surface area contributed by atoms with Crippen LogP contribution in [0.2, 0.25) is 0 Å². The van der Waals surface area contributed by atoms with Crippen molar-refractivity contribution >= 4 is 18.6 Å². The molecule has 3 nitrogen and oxygen atoms in total. The Balaban J connectivity index is 0. The summed E-state index contributed by atoms with van der Waals surface area (Å²) in [5, 5.41) is 16.8. The van der Waals surface area contributed by atoms with E-state index in [4.69, 9.17) is 10.2 Å². The van der Waals surface area contributed by atoms with Crippen LogP contribution in [-0.4, -0.2) is 28.0 Å². The minimum Gasteiger partial charge on any atom is -0.479 e.